The van der Waals surface area contributed by atoms with Crippen LogP contribution in [0.2, 0.25) is 20.1 Å². The summed E-state index contributed by atoms with van der Waals surface area (Å²) in [6, 6.07) is 23.0. The molecule has 16 heteroatoms. The molecule has 4 aromatic rings. The van der Waals surface area contributed by atoms with Crippen molar-refractivity contribution < 1.29 is 37.3 Å². The van der Waals surface area contributed by atoms with Gasteiger partial charge < -0.3 is 29.6 Å². The predicted molar refractivity (Wildman–Crippen MR) is 233 cm³/mol. The molecule has 2 amide bonds. The number of likely N-dealkylation sites (tertiary alicyclic amines) is 2. The van der Waals surface area contributed by atoms with E-state index in [-0.39, 0.29) is 69.4 Å². The average Bonchev–Trinajstić information content (AvgIpc) is 3.86. The summed E-state index contributed by atoms with van der Waals surface area (Å²) in [7, 11) is 0. The van der Waals surface area contributed by atoms with Gasteiger partial charge in [-0.2, -0.15) is 0 Å². The molecule has 6 saturated carbocycles. The maximum Gasteiger partial charge on any atom is 0.258 e. The van der Waals surface area contributed by atoms with Crippen LogP contribution in [0, 0.1) is 11.6 Å². The lowest BCUT2D eigenvalue weighted by Gasteiger charge is -2.73. The Labute approximate surface area is 379 Å². The van der Waals surface area contributed by atoms with Crippen molar-refractivity contribution in [1.82, 2.24) is 20.4 Å². The molecule has 2 aliphatic heterocycles. The van der Waals surface area contributed by atoms with Crippen molar-refractivity contribution in [3.05, 3.63) is 117 Å². The number of halogens is 6. The van der Waals surface area contributed by atoms with Gasteiger partial charge in [-0.05, 0) is 124 Å². The number of nitrogens with zero attached hydrogens (tertiary/aromatic N) is 2. The SMILES string of the molecule is O=C(COc1ccc(Cl)cc1)NC12CC(N3CCC(Oc4ccc(Cl)c(F)c4)C3)(C1)C2.O=C(COc1ccc(Cl)cc1)NC12CC(N3CCC(Oc4ccc(Cl)c(F)c4)C3)(C1)C2. The summed E-state index contributed by atoms with van der Waals surface area (Å²) in [5.41, 5.74) is 0.124. The highest BCUT2D eigenvalue weighted by Crippen LogP contribution is 2.65. The largest absolute Gasteiger partial charge is 0.489 e. The van der Waals surface area contributed by atoms with Crippen LogP contribution in [0.3, 0.4) is 0 Å². The molecule has 0 radical (unpaired) electrons. The molecule has 8 fully saturated rings. The van der Waals surface area contributed by atoms with Crippen LogP contribution >= 0.6 is 46.4 Å². The van der Waals surface area contributed by atoms with Gasteiger partial charge in [-0.3, -0.25) is 19.4 Å². The van der Waals surface area contributed by atoms with Crippen LogP contribution in [0.5, 0.6) is 23.0 Å². The maximum absolute atomic E-state index is 13.6. The lowest BCUT2D eigenvalue weighted by Crippen LogP contribution is -2.83. The van der Waals surface area contributed by atoms with Crippen molar-refractivity contribution in [1.29, 1.82) is 0 Å². The van der Waals surface area contributed by atoms with Gasteiger partial charge in [-0.25, -0.2) is 8.78 Å². The number of hydrogen-bond donors (Lipinski definition) is 2. The molecule has 10 nitrogen and oxygen atoms in total. The first-order valence-corrected chi connectivity index (χ1v) is 22.3. The van der Waals surface area contributed by atoms with E-state index < -0.39 is 11.6 Å². The Morgan fingerprint density at radius 2 is 0.919 bits per heavy atom. The first-order valence-electron chi connectivity index (χ1n) is 20.8. The summed E-state index contributed by atoms with van der Waals surface area (Å²) in [6.45, 7) is 3.51. The number of benzene rings is 4. The second kappa shape index (κ2) is 17.2. The number of rotatable bonds is 14. The van der Waals surface area contributed by atoms with E-state index in [0.29, 0.717) is 33.0 Å². The zero-order chi connectivity index (χ0) is 43.3. The van der Waals surface area contributed by atoms with Crippen molar-refractivity contribution in [2.75, 3.05) is 39.4 Å². The molecule has 2 atom stereocenters. The van der Waals surface area contributed by atoms with E-state index in [2.05, 4.69) is 20.4 Å². The minimum atomic E-state index is -0.467. The Morgan fingerprint density at radius 1 is 0.565 bits per heavy atom. The molecule has 2 N–H and O–H groups in total. The van der Waals surface area contributed by atoms with Gasteiger partial charge in [0.2, 0.25) is 0 Å². The second-order valence-electron chi connectivity index (χ2n) is 17.8. The Balaban J connectivity index is 0.000000158. The summed E-state index contributed by atoms with van der Waals surface area (Å²) >= 11 is 23.2. The monoisotopic (exact) mass is 928 g/mol. The minimum Gasteiger partial charge on any atom is -0.489 e. The molecule has 12 rings (SSSR count). The molecule has 8 aliphatic rings. The Morgan fingerprint density at radius 3 is 1.27 bits per heavy atom. The molecule has 4 bridgehead atoms. The molecular weight excluding hydrogens is 884 g/mol. The van der Waals surface area contributed by atoms with Crippen molar-refractivity contribution in [2.24, 2.45) is 0 Å². The lowest BCUT2D eigenvalue weighted by molar-refractivity contribution is -0.180. The van der Waals surface area contributed by atoms with E-state index in [1.54, 1.807) is 60.7 Å². The molecule has 4 aromatic carbocycles. The quantitative estimate of drug-likeness (QED) is 0.129. The first kappa shape index (κ1) is 43.2. The number of amides is 2. The van der Waals surface area contributed by atoms with Gasteiger partial charge in [-0.15, -0.1) is 0 Å². The average molecular weight is 931 g/mol. The van der Waals surface area contributed by atoms with Gasteiger partial charge in [0.1, 0.15) is 46.8 Å². The van der Waals surface area contributed by atoms with E-state index in [1.165, 1.54) is 24.3 Å². The maximum atomic E-state index is 13.6. The van der Waals surface area contributed by atoms with Crippen LogP contribution in [-0.4, -0.2) is 95.4 Å². The smallest absolute Gasteiger partial charge is 0.258 e. The molecule has 2 heterocycles. The molecule has 2 unspecified atom stereocenters. The summed E-state index contributed by atoms with van der Waals surface area (Å²) in [5.74, 6) is 1.13. The van der Waals surface area contributed by atoms with E-state index in [4.69, 9.17) is 65.4 Å². The van der Waals surface area contributed by atoms with Crippen molar-refractivity contribution in [3.63, 3.8) is 0 Å². The fourth-order valence-electron chi connectivity index (χ4n) is 10.4. The van der Waals surface area contributed by atoms with Crippen LogP contribution in [0.25, 0.3) is 0 Å². The third-order valence-corrected chi connectivity index (χ3v) is 14.3. The topological polar surface area (TPSA) is 102 Å². The Bertz CT molecular complexity index is 2120. The Kier molecular flexibility index (Phi) is 12.0. The highest BCUT2D eigenvalue weighted by atomic mass is 35.5. The summed E-state index contributed by atoms with van der Waals surface area (Å²) in [6.07, 6.45) is 7.60. The van der Waals surface area contributed by atoms with E-state index in [1.807, 2.05) is 0 Å². The standard InChI is InChI=1S/2C23H23Cl2FN2O3/c2*24-15-1-3-16(4-2-15)30-11-21(29)27-22-12-23(13-22,14-22)28-8-7-18(10-28)31-17-5-6-19(25)20(26)9-17/h2*1-6,9,18H,7-8,10-14H2,(H,27,29). The zero-order valence-electron chi connectivity index (χ0n) is 33.7. The fraction of sp³-hybridized carbons (Fsp3) is 0.435. The second-order valence-corrected chi connectivity index (χ2v) is 19.4. The van der Waals surface area contributed by atoms with Crippen LogP contribution in [0.1, 0.15) is 51.4 Å². The van der Waals surface area contributed by atoms with Crippen molar-refractivity contribution in [2.45, 2.75) is 85.7 Å². The van der Waals surface area contributed by atoms with Crippen LogP contribution in [0.15, 0.2) is 84.9 Å². The number of carbonyl (C=O) groups is 2. The van der Waals surface area contributed by atoms with Crippen molar-refractivity contribution >= 4 is 58.2 Å². The van der Waals surface area contributed by atoms with Gasteiger partial charge in [0, 0.05) is 70.5 Å². The highest BCUT2D eigenvalue weighted by molar-refractivity contribution is 6.31. The third-order valence-electron chi connectivity index (χ3n) is 13.2. The van der Waals surface area contributed by atoms with Crippen LogP contribution in [-0.2, 0) is 9.59 Å². The molecule has 6 aliphatic carbocycles. The van der Waals surface area contributed by atoms with Gasteiger partial charge in [0.15, 0.2) is 13.2 Å². The number of nitrogens with one attached hydrogen (secondary N) is 2. The summed E-state index contributed by atoms with van der Waals surface area (Å²) < 4.78 is 50.2. The molecule has 0 spiro atoms. The summed E-state index contributed by atoms with van der Waals surface area (Å²) in [4.78, 5) is 29.5. The number of carbonyl (C=O) groups excluding carboxylic acids is 2. The fourth-order valence-corrected chi connectivity index (χ4v) is 10.9. The first-order chi connectivity index (χ1) is 29.7. The van der Waals surface area contributed by atoms with Crippen molar-refractivity contribution in [3.8, 4) is 23.0 Å². The number of hydrogen-bond acceptors (Lipinski definition) is 8. The third kappa shape index (κ3) is 9.14. The number of ether oxygens (including phenoxy) is 4. The predicted octanol–water partition coefficient (Wildman–Crippen LogP) is 8.91. The van der Waals surface area contributed by atoms with Crippen LogP contribution in [0.4, 0.5) is 8.78 Å². The zero-order valence-corrected chi connectivity index (χ0v) is 36.8. The molecule has 62 heavy (non-hydrogen) atoms. The van der Waals surface area contributed by atoms with E-state index >= 15 is 0 Å². The molecule has 328 valence electrons. The summed E-state index contributed by atoms with van der Waals surface area (Å²) in [5, 5.41) is 7.75. The highest BCUT2D eigenvalue weighted by Gasteiger charge is 2.72. The van der Waals surface area contributed by atoms with Gasteiger partial charge in [0.25, 0.3) is 11.8 Å². The lowest BCUT2D eigenvalue weighted by atomic mass is 9.43. The van der Waals surface area contributed by atoms with Gasteiger partial charge >= 0.3 is 0 Å². The van der Waals surface area contributed by atoms with Crippen LogP contribution < -0.4 is 29.6 Å². The molecule has 2 saturated heterocycles. The Hall–Kier alpha value is -4.04. The van der Waals surface area contributed by atoms with E-state index in [0.717, 1.165) is 77.5 Å². The normalized spacial score (nSPS) is 29.1. The minimum absolute atomic E-state index is 0.00629. The van der Waals surface area contributed by atoms with E-state index in [9.17, 15) is 18.4 Å². The van der Waals surface area contributed by atoms with Gasteiger partial charge in [-0.1, -0.05) is 46.4 Å². The molecule has 0 aromatic heterocycles. The van der Waals surface area contributed by atoms with Gasteiger partial charge in [0.05, 0.1) is 10.0 Å². The molecular formula is C46H46Cl4F2N4O6.